The standard InChI is InChI=1S/C11H16N2O3S/c14-10(15)7-1-3-8(4-2-7)12-5-9-6-17-11(16)13-9/h6-8,12H,1-5H2,(H,13,16)(H,14,15). The fourth-order valence-electron chi connectivity index (χ4n) is 2.20. The van der Waals surface area contributed by atoms with Crippen molar-refractivity contribution in [2.24, 2.45) is 5.92 Å². The first-order chi connectivity index (χ1) is 8.15. The molecule has 17 heavy (non-hydrogen) atoms. The highest BCUT2D eigenvalue weighted by atomic mass is 32.1. The van der Waals surface area contributed by atoms with Crippen molar-refractivity contribution in [3.8, 4) is 0 Å². The van der Waals surface area contributed by atoms with Crippen molar-refractivity contribution in [1.82, 2.24) is 10.3 Å². The second-order valence-electron chi connectivity index (χ2n) is 4.44. The molecule has 1 fully saturated rings. The predicted molar refractivity (Wildman–Crippen MR) is 65.2 cm³/mol. The van der Waals surface area contributed by atoms with E-state index in [0.29, 0.717) is 12.6 Å². The first-order valence-corrected chi connectivity index (χ1v) is 6.66. The number of aromatic nitrogens is 1. The number of nitrogens with one attached hydrogen (secondary N) is 2. The second kappa shape index (κ2) is 5.46. The van der Waals surface area contributed by atoms with Crippen molar-refractivity contribution in [2.45, 2.75) is 38.3 Å². The molecule has 1 aromatic rings. The van der Waals surface area contributed by atoms with Crippen LogP contribution in [-0.2, 0) is 11.3 Å². The number of aliphatic carboxylic acids is 1. The van der Waals surface area contributed by atoms with E-state index in [1.165, 1.54) is 11.3 Å². The van der Waals surface area contributed by atoms with Gasteiger partial charge in [0, 0.05) is 23.7 Å². The van der Waals surface area contributed by atoms with Gasteiger partial charge in [-0.25, -0.2) is 0 Å². The molecule has 3 N–H and O–H groups in total. The Hall–Kier alpha value is -1.14. The summed E-state index contributed by atoms with van der Waals surface area (Å²) >= 11 is 1.17. The Morgan fingerprint density at radius 1 is 1.47 bits per heavy atom. The predicted octanol–water partition coefficient (Wildman–Crippen LogP) is 1.17. The van der Waals surface area contributed by atoms with Gasteiger partial charge < -0.3 is 15.4 Å². The molecule has 1 aliphatic carbocycles. The molecule has 0 amide bonds. The van der Waals surface area contributed by atoms with Crippen LogP contribution in [0.3, 0.4) is 0 Å². The van der Waals surface area contributed by atoms with Crippen LogP contribution in [0.25, 0.3) is 0 Å². The maximum absolute atomic E-state index is 10.9. The highest BCUT2D eigenvalue weighted by Gasteiger charge is 2.25. The maximum atomic E-state index is 10.9. The zero-order valence-corrected chi connectivity index (χ0v) is 10.3. The molecule has 0 bridgehead atoms. The molecule has 1 saturated carbocycles. The number of rotatable bonds is 4. The lowest BCUT2D eigenvalue weighted by molar-refractivity contribution is -0.142. The summed E-state index contributed by atoms with van der Waals surface area (Å²) in [5, 5.41) is 14.0. The summed E-state index contributed by atoms with van der Waals surface area (Å²) < 4.78 is 0. The molecule has 5 nitrogen and oxygen atoms in total. The number of carboxylic acids is 1. The van der Waals surface area contributed by atoms with Crippen LogP contribution in [0.15, 0.2) is 10.2 Å². The number of carbonyl (C=O) groups is 1. The molecule has 6 heteroatoms. The minimum atomic E-state index is -0.675. The van der Waals surface area contributed by atoms with Crippen LogP contribution in [0.5, 0.6) is 0 Å². The number of thiazole rings is 1. The van der Waals surface area contributed by atoms with Crippen molar-refractivity contribution < 1.29 is 9.90 Å². The first-order valence-electron chi connectivity index (χ1n) is 5.78. The summed E-state index contributed by atoms with van der Waals surface area (Å²) in [5.41, 5.74) is 0.903. The van der Waals surface area contributed by atoms with Crippen LogP contribution in [0, 0.1) is 5.92 Å². The Morgan fingerprint density at radius 3 is 2.71 bits per heavy atom. The Bertz CT molecular complexity index is 432. The van der Waals surface area contributed by atoms with Gasteiger partial charge in [-0.05, 0) is 25.7 Å². The highest BCUT2D eigenvalue weighted by Crippen LogP contribution is 2.24. The van der Waals surface area contributed by atoms with E-state index in [9.17, 15) is 9.59 Å². The average Bonchev–Trinajstić information content (AvgIpc) is 2.73. The molecule has 0 radical (unpaired) electrons. The summed E-state index contributed by atoms with van der Waals surface area (Å²) in [6, 6.07) is 0.369. The third-order valence-electron chi connectivity index (χ3n) is 3.23. The zero-order chi connectivity index (χ0) is 12.3. The van der Waals surface area contributed by atoms with Gasteiger partial charge in [0.25, 0.3) is 0 Å². The van der Waals surface area contributed by atoms with Gasteiger partial charge in [0.2, 0.25) is 0 Å². The van der Waals surface area contributed by atoms with Gasteiger partial charge in [-0.2, -0.15) is 0 Å². The molecule has 1 aliphatic rings. The normalized spacial score (nSPS) is 24.7. The van der Waals surface area contributed by atoms with Crippen molar-refractivity contribution in [2.75, 3.05) is 0 Å². The van der Waals surface area contributed by atoms with E-state index < -0.39 is 5.97 Å². The molecular formula is C11H16N2O3S. The van der Waals surface area contributed by atoms with E-state index in [4.69, 9.17) is 5.11 Å². The van der Waals surface area contributed by atoms with Gasteiger partial charge in [-0.15, -0.1) is 0 Å². The fourth-order valence-corrected chi connectivity index (χ4v) is 2.78. The lowest BCUT2D eigenvalue weighted by atomic mass is 9.86. The Labute approximate surface area is 103 Å². The second-order valence-corrected chi connectivity index (χ2v) is 5.28. The third-order valence-corrected chi connectivity index (χ3v) is 3.95. The Kier molecular flexibility index (Phi) is 3.96. The van der Waals surface area contributed by atoms with Gasteiger partial charge >= 0.3 is 10.8 Å². The van der Waals surface area contributed by atoms with E-state index in [0.717, 1.165) is 31.4 Å². The van der Waals surface area contributed by atoms with E-state index in [-0.39, 0.29) is 10.8 Å². The summed E-state index contributed by atoms with van der Waals surface area (Å²) in [6.45, 7) is 0.654. The van der Waals surface area contributed by atoms with Crippen molar-refractivity contribution in [3.05, 3.63) is 20.7 Å². The van der Waals surface area contributed by atoms with Crippen LogP contribution in [0.2, 0.25) is 0 Å². The minimum absolute atomic E-state index is 0.0311. The first kappa shape index (κ1) is 12.3. The van der Waals surface area contributed by atoms with E-state index in [2.05, 4.69) is 10.3 Å². The molecule has 0 spiro atoms. The average molecular weight is 256 g/mol. The summed E-state index contributed by atoms with van der Waals surface area (Å²) in [7, 11) is 0. The van der Waals surface area contributed by atoms with Gasteiger partial charge in [0.15, 0.2) is 0 Å². The SMILES string of the molecule is O=C(O)C1CCC(NCc2csc(=O)[nH]2)CC1. The maximum Gasteiger partial charge on any atom is 0.306 e. The number of aromatic amines is 1. The van der Waals surface area contributed by atoms with Crippen LogP contribution in [0.4, 0.5) is 0 Å². The number of hydrogen-bond donors (Lipinski definition) is 3. The number of hydrogen-bond acceptors (Lipinski definition) is 4. The minimum Gasteiger partial charge on any atom is -0.481 e. The van der Waals surface area contributed by atoms with Gasteiger partial charge in [-0.3, -0.25) is 9.59 Å². The summed E-state index contributed by atoms with van der Waals surface area (Å²) in [6.07, 6.45) is 3.27. The van der Waals surface area contributed by atoms with Crippen LogP contribution < -0.4 is 10.2 Å². The van der Waals surface area contributed by atoms with Crippen molar-refractivity contribution in [3.63, 3.8) is 0 Å². The van der Waals surface area contributed by atoms with Crippen LogP contribution in [-0.4, -0.2) is 22.1 Å². The van der Waals surface area contributed by atoms with Crippen LogP contribution in [0.1, 0.15) is 31.4 Å². The van der Waals surface area contributed by atoms with Crippen LogP contribution >= 0.6 is 11.3 Å². The van der Waals surface area contributed by atoms with E-state index in [1.54, 1.807) is 0 Å². The van der Waals surface area contributed by atoms with Crippen molar-refractivity contribution >= 4 is 17.3 Å². The quantitative estimate of drug-likeness (QED) is 0.755. The topological polar surface area (TPSA) is 82.2 Å². The van der Waals surface area contributed by atoms with Crippen molar-refractivity contribution in [1.29, 1.82) is 0 Å². The molecule has 1 aromatic heterocycles. The third kappa shape index (κ3) is 3.41. The molecule has 0 atom stereocenters. The molecule has 0 unspecified atom stereocenters. The Morgan fingerprint density at radius 2 is 2.18 bits per heavy atom. The lowest BCUT2D eigenvalue weighted by Crippen LogP contribution is -2.34. The fraction of sp³-hybridized carbons (Fsp3) is 0.636. The van der Waals surface area contributed by atoms with Gasteiger partial charge in [-0.1, -0.05) is 11.3 Å². The molecule has 0 saturated heterocycles. The van der Waals surface area contributed by atoms with Gasteiger partial charge in [0.1, 0.15) is 0 Å². The zero-order valence-electron chi connectivity index (χ0n) is 9.44. The van der Waals surface area contributed by atoms with E-state index >= 15 is 0 Å². The van der Waals surface area contributed by atoms with E-state index in [1.807, 2.05) is 5.38 Å². The molecule has 94 valence electrons. The lowest BCUT2D eigenvalue weighted by Gasteiger charge is -2.26. The molecule has 0 aliphatic heterocycles. The smallest absolute Gasteiger partial charge is 0.306 e. The molecule has 0 aromatic carbocycles. The summed E-state index contributed by atoms with van der Waals surface area (Å²) in [5.74, 6) is -0.848. The monoisotopic (exact) mass is 256 g/mol. The molecule has 1 heterocycles. The summed E-state index contributed by atoms with van der Waals surface area (Å²) in [4.78, 5) is 24.4. The largest absolute Gasteiger partial charge is 0.481 e. The number of carboxylic acid groups (broad SMARTS) is 1. The Balaban J connectivity index is 1.75. The highest BCUT2D eigenvalue weighted by molar-refractivity contribution is 7.07. The molecule has 2 rings (SSSR count). The molecular weight excluding hydrogens is 240 g/mol. The number of H-pyrrole nitrogens is 1. The van der Waals surface area contributed by atoms with Gasteiger partial charge in [0.05, 0.1) is 5.92 Å².